The molecule has 0 saturated carbocycles. The molecule has 5 atom stereocenters. The van der Waals surface area contributed by atoms with Gasteiger partial charge in [-0.15, -0.1) is 11.8 Å². The fourth-order valence-electron chi connectivity index (χ4n) is 5.37. The van der Waals surface area contributed by atoms with Crippen LogP contribution in [0.1, 0.15) is 20.3 Å². The topological polar surface area (TPSA) is 47.6 Å². The van der Waals surface area contributed by atoms with Crippen LogP contribution >= 0.6 is 47.0 Å². The second-order valence-electron chi connectivity index (χ2n) is 9.61. The summed E-state index contributed by atoms with van der Waals surface area (Å²) >= 11 is 5.38. The second kappa shape index (κ2) is 10.2. The molecule has 0 N–H and O–H groups in total. The van der Waals surface area contributed by atoms with Crippen molar-refractivity contribution in [2.45, 2.75) is 63.6 Å². The minimum absolute atomic E-state index is 0.0329. The lowest BCUT2D eigenvalue weighted by atomic mass is 9.82. The molecule has 2 nitrogen and oxygen atoms in total. The molecule has 3 heterocycles. The average molecular weight is 615 g/mol. The van der Waals surface area contributed by atoms with Crippen molar-refractivity contribution in [3.63, 3.8) is 0 Å². The first-order valence-corrected chi connectivity index (χ1v) is 15.4. The Morgan fingerprint density at radius 1 is 0.923 bits per heavy atom. The molecular weight excluding hydrogens is 595 g/mol. The Balaban J connectivity index is 1.54. The molecule has 1 aromatic rings. The summed E-state index contributed by atoms with van der Waals surface area (Å²) in [6.07, 6.45) is 4.32. The monoisotopic (exact) mass is 614 g/mol. The molecule has 0 aromatic heterocycles. The van der Waals surface area contributed by atoms with Gasteiger partial charge in [-0.25, -0.2) is 0 Å². The summed E-state index contributed by atoms with van der Waals surface area (Å²) in [5.41, 5.74) is -2.68. The minimum atomic E-state index is -5.58. The van der Waals surface area contributed by atoms with Crippen molar-refractivity contribution in [3.05, 3.63) is 68.4 Å². The highest BCUT2D eigenvalue weighted by Crippen LogP contribution is 2.66. The first-order valence-electron chi connectivity index (χ1n) is 11.9. The van der Waals surface area contributed by atoms with Gasteiger partial charge in [0.25, 0.3) is 0 Å². The highest BCUT2D eigenvalue weighted by atomic mass is 32.2. The van der Waals surface area contributed by atoms with Crippen LogP contribution in [0.15, 0.2) is 78.1 Å². The molecule has 39 heavy (non-hydrogen) atoms. The van der Waals surface area contributed by atoms with E-state index in [4.69, 9.17) is 10.5 Å². The minimum Gasteiger partial charge on any atom is -0.194 e. The normalized spacial score (nSPS) is 31.9. The van der Waals surface area contributed by atoms with Crippen LogP contribution < -0.4 is 0 Å². The van der Waals surface area contributed by atoms with Crippen LogP contribution in [0.3, 0.4) is 0 Å². The number of fused-ring (bicyclic) bond motifs is 1. The Hall–Kier alpha value is -1.86. The van der Waals surface area contributed by atoms with Gasteiger partial charge in [0.15, 0.2) is 0 Å². The fourth-order valence-corrected chi connectivity index (χ4v) is 10.8. The zero-order valence-electron chi connectivity index (χ0n) is 20.4. The van der Waals surface area contributed by atoms with E-state index in [0.717, 1.165) is 31.9 Å². The zero-order chi connectivity index (χ0) is 28.3. The van der Waals surface area contributed by atoms with Crippen molar-refractivity contribution >= 4 is 47.0 Å². The Labute approximate surface area is 239 Å². The van der Waals surface area contributed by atoms with Crippen LogP contribution in [0.4, 0.5) is 26.3 Å². The summed E-state index contributed by atoms with van der Waals surface area (Å²) in [6, 6.07) is 11.1. The molecule has 1 fully saturated rings. The maximum Gasteiger partial charge on any atom is 0.380 e. The number of alkyl halides is 6. The van der Waals surface area contributed by atoms with Gasteiger partial charge in [0.05, 0.1) is 0 Å². The van der Waals surface area contributed by atoms with Crippen molar-refractivity contribution in [1.29, 1.82) is 10.5 Å². The SMILES string of the molecule is CC1SC(C=C(C#N)C#N)=CC1C1=C(C2CC(C=C3Sc4ccccc4S3)SC2C)C(F)(F)C(F)(F)C1(F)F. The van der Waals surface area contributed by atoms with Gasteiger partial charge in [0, 0.05) is 51.7 Å². The fraction of sp³-hybridized carbons (Fsp3) is 0.407. The van der Waals surface area contributed by atoms with Gasteiger partial charge >= 0.3 is 17.8 Å². The third kappa shape index (κ3) is 4.65. The number of rotatable bonds is 4. The first kappa shape index (κ1) is 28.7. The van der Waals surface area contributed by atoms with E-state index < -0.39 is 51.2 Å². The smallest absolute Gasteiger partial charge is 0.194 e. The summed E-state index contributed by atoms with van der Waals surface area (Å²) in [7, 11) is 0. The van der Waals surface area contributed by atoms with E-state index in [0.29, 0.717) is 0 Å². The number of nitriles is 2. The van der Waals surface area contributed by atoms with Crippen molar-refractivity contribution in [2.75, 3.05) is 0 Å². The third-order valence-electron chi connectivity index (χ3n) is 7.19. The number of nitrogens with zero attached hydrogens (tertiary/aromatic N) is 2. The maximum atomic E-state index is 15.4. The summed E-state index contributed by atoms with van der Waals surface area (Å²) in [6.45, 7) is 3.11. The summed E-state index contributed by atoms with van der Waals surface area (Å²) in [5.74, 6) is -18.3. The molecule has 204 valence electrons. The van der Waals surface area contributed by atoms with Gasteiger partial charge < -0.3 is 0 Å². The van der Waals surface area contributed by atoms with Gasteiger partial charge in [0.2, 0.25) is 0 Å². The molecule has 0 spiro atoms. The number of allylic oxidation sites excluding steroid dienone is 5. The van der Waals surface area contributed by atoms with Gasteiger partial charge in [0.1, 0.15) is 17.7 Å². The van der Waals surface area contributed by atoms with Crippen LogP contribution in [-0.2, 0) is 0 Å². The Morgan fingerprint density at radius 2 is 1.51 bits per heavy atom. The Morgan fingerprint density at radius 3 is 2.10 bits per heavy atom. The number of benzene rings is 1. The van der Waals surface area contributed by atoms with Crippen molar-refractivity contribution < 1.29 is 26.3 Å². The third-order valence-corrected chi connectivity index (χ3v) is 12.3. The van der Waals surface area contributed by atoms with E-state index in [9.17, 15) is 8.78 Å². The number of hydrogen-bond acceptors (Lipinski definition) is 6. The van der Waals surface area contributed by atoms with Crippen molar-refractivity contribution in [3.8, 4) is 12.1 Å². The molecule has 0 bridgehead atoms. The van der Waals surface area contributed by atoms with Crippen LogP contribution in [0, 0.1) is 34.5 Å². The van der Waals surface area contributed by atoms with E-state index >= 15 is 17.6 Å². The van der Waals surface area contributed by atoms with Crippen LogP contribution in [-0.4, -0.2) is 33.5 Å². The van der Waals surface area contributed by atoms with Crippen LogP contribution in [0.25, 0.3) is 0 Å². The van der Waals surface area contributed by atoms with E-state index in [1.165, 1.54) is 48.3 Å². The van der Waals surface area contributed by atoms with E-state index in [2.05, 4.69) is 0 Å². The highest BCUT2D eigenvalue weighted by Gasteiger charge is 2.81. The molecule has 12 heteroatoms. The van der Waals surface area contributed by atoms with Crippen LogP contribution in [0.5, 0.6) is 0 Å². The lowest BCUT2D eigenvalue weighted by molar-refractivity contribution is -0.267. The lowest BCUT2D eigenvalue weighted by Crippen LogP contribution is -2.50. The van der Waals surface area contributed by atoms with Gasteiger partial charge in [-0.1, -0.05) is 61.7 Å². The predicted octanol–water partition coefficient (Wildman–Crippen LogP) is 9.06. The Kier molecular flexibility index (Phi) is 7.50. The summed E-state index contributed by atoms with van der Waals surface area (Å²) < 4.78 is 92.2. The standard InChI is InChI=1S/C27H20F6N2S4/c1-13-18(8-16(36-13)7-15(11-34)12-35)23-24(26(30,31)27(32,33)25(23,28)29)19-9-17(37-14(19)2)10-22-38-20-5-3-4-6-21(20)39-22/h3-8,10,13-14,17-19H,9H2,1-2H3. The molecule has 5 unspecified atom stereocenters. The molecule has 1 saturated heterocycles. The van der Waals surface area contributed by atoms with E-state index in [-0.39, 0.29) is 22.1 Å². The number of thioether (sulfide) groups is 4. The molecule has 1 aromatic carbocycles. The Bertz CT molecular complexity index is 1370. The maximum absolute atomic E-state index is 15.4. The molecule has 0 radical (unpaired) electrons. The molecular formula is C27H20F6N2S4. The average Bonchev–Trinajstić information content (AvgIpc) is 3.57. The molecule has 0 amide bonds. The highest BCUT2D eigenvalue weighted by molar-refractivity contribution is 8.24. The quantitative estimate of drug-likeness (QED) is 0.192. The molecule has 5 rings (SSSR count). The van der Waals surface area contributed by atoms with E-state index in [1.807, 2.05) is 30.3 Å². The number of hydrogen-bond donors (Lipinski definition) is 0. The molecule has 1 aliphatic carbocycles. The van der Waals surface area contributed by atoms with E-state index in [1.54, 1.807) is 19.1 Å². The summed E-state index contributed by atoms with van der Waals surface area (Å²) in [5, 5.41) is 16.4. The van der Waals surface area contributed by atoms with Crippen molar-refractivity contribution in [2.24, 2.45) is 11.8 Å². The zero-order valence-corrected chi connectivity index (χ0v) is 23.7. The number of halogens is 6. The summed E-state index contributed by atoms with van der Waals surface area (Å²) in [4.78, 5) is 2.36. The van der Waals surface area contributed by atoms with Gasteiger partial charge in [-0.3, -0.25) is 0 Å². The van der Waals surface area contributed by atoms with Crippen LogP contribution in [0.2, 0.25) is 0 Å². The predicted molar refractivity (Wildman–Crippen MR) is 145 cm³/mol. The molecule has 4 aliphatic rings. The second-order valence-corrected chi connectivity index (χ2v) is 15.1. The van der Waals surface area contributed by atoms with Crippen molar-refractivity contribution in [1.82, 2.24) is 0 Å². The largest absolute Gasteiger partial charge is 0.380 e. The lowest BCUT2D eigenvalue weighted by Gasteiger charge is -2.28. The molecule has 3 aliphatic heterocycles. The van der Waals surface area contributed by atoms with Gasteiger partial charge in [-0.05, 0) is 30.5 Å². The van der Waals surface area contributed by atoms with Gasteiger partial charge in [-0.2, -0.15) is 48.6 Å². The first-order chi connectivity index (χ1) is 18.3.